The van der Waals surface area contributed by atoms with Crippen molar-refractivity contribution in [1.82, 2.24) is 4.90 Å². The molecule has 192 valence electrons. The smallest absolute Gasteiger partial charge is 0.412 e. The summed E-state index contributed by atoms with van der Waals surface area (Å²) in [6.45, 7) is 0.923. The number of ether oxygens (including phenoxy) is 2. The molecule has 0 radical (unpaired) electrons. The normalized spacial score (nSPS) is 20.2. The van der Waals surface area contributed by atoms with Gasteiger partial charge in [0.15, 0.2) is 6.73 Å². The number of benzene rings is 1. The van der Waals surface area contributed by atoms with E-state index in [1.54, 1.807) is 6.92 Å². The van der Waals surface area contributed by atoms with Crippen LogP contribution in [0, 0.1) is 5.82 Å². The SMILES string of the molecule is CCOC(=O)C1=CCCCC1S(=O)(=O)N(COC(=O)N1CCC[C@H]1C(=O)O)c1ccc(F)cc1Cl. The summed E-state index contributed by atoms with van der Waals surface area (Å²) in [6.07, 6.45) is 2.24. The Kier molecular flexibility index (Phi) is 8.60. The minimum absolute atomic E-state index is 0.0434. The van der Waals surface area contributed by atoms with Crippen LogP contribution < -0.4 is 4.31 Å². The minimum atomic E-state index is -4.43. The summed E-state index contributed by atoms with van der Waals surface area (Å²) in [5.74, 6) is -2.68. The highest BCUT2D eigenvalue weighted by Gasteiger charge is 2.41. The Labute approximate surface area is 207 Å². The number of hydrogen-bond donors (Lipinski definition) is 1. The van der Waals surface area contributed by atoms with E-state index >= 15 is 0 Å². The van der Waals surface area contributed by atoms with Gasteiger partial charge in [0.2, 0.25) is 10.0 Å². The molecule has 1 amide bonds. The Morgan fingerprint density at radius 1 is 1.23 bits per heavy atom. The van der Waals surface area contributed by atoms with Gasteiger partial charge in [0.1, 0.15) is 17.1 Å². The van der Waals surface area contributed by atoms with E-state index in [-0.39, 0.29) is 42.3 Å². The zero-order chi connectivity index (χ0) is 25.8. The lowest BCUT2D eigenvalue weighted by Gasteiger charge is -2.32. The average Bonchev–Trinajstić information content (AvgIpc) is 3.31. The first kappa shape index (κ1) is 26.7. The number of sulfonamides is 1. The summed E-state index contributed by atoms with van der Waals surface area (Å²) in [6, 6.07) is 1.94. The number of amides is 1. The molecular formula is C22H26ClFN2O8S. The second-order valence-electron chi connectivity index (χ2n) is 8.02. The van der Waals surface area contributed by atoms with E-state index in [2.05, 4.69) is 0 Å². The molecule has 0 bridgehead atoms. The molecule has 1 aliphatic heterocycles. The summed E-state index contributed by atoms with van der Waals surface area (Å²) >= 11 is 6.14. The molecule has 1 heterocycles. The van der Waals surface area contributed by atoms with E-state index < -0.39 is 51.9 Å². The van der Waals surface area contributed by atoms with Crippen LogP contribution in [0.3, 0.4) is 0 Å². The maximum absolute atomic E-state index is 13.8. The summed E-state index contributed by atoms with van der Waals surface area (Å²) < 4.78 is 52.2. The number of allylic oxidation sites excluding steroid dienone is 1. The quantitative estimate of drug-likeness (QED) is 0.398. The van der Waals surface area contributed by atoms with Crippen LogP contribution >= 0.6 is 11.6 Å². The Hall–Kier alpha value is -2.86. The number of carboxylic acids is 1. The Balaban J connectivity index is 1.94. The van der Waals surface area contributed by atoms with Crippen LogP contribution in [0.1, 0.15) is 39.0 Å². The third-order valence-corrected chi connectivity index (χ3v) is 8.24. The minimum Gasteiger partial charge on any atom is -0.480 e. The van der Waals surface area contributed by atoms with Gasteiger partial charge in [-0.3, -0.25) is 4.90 Å². The van der Waals surface area contributed by atoms with Crippen molar-refractivity contribution in [1.29, 1.82) is 0 Å². The number of rotatable bonds is 8. The maximum atomic E-state index is 13.8. The molecule has 10 nitrogen and oxygen atoms in total. The number of esters is 1. The third-order valence-electron chi connectivity index (χ3n) is 5.82. The van der Waals surface area contributed by atoms with Crippen LogP contribution in [0.5, 0.6) is 0 Å². The zero-order valence-corrected chi connectivity index (χ0v) is 20.6. The van der Waals surface area contributed by atoms with Crippen LogP contribution in [-0.4, -0.2) is 67.6 Å². The van der Waals surface area contributed by atoms with Gasteiger partial charge >= 0.3 is 18.0 Å². The molecule has 0 spiro atoms. The van der Waals surface area contributed by atoms with Gasteiger partial charge in [-0.25, -0.2) is 31.5 Å². The molecule has 35 heavy (non-hydrogen) atoms. The first-order chi connectivity index (χ1) is 16.6. The van der Waals surface area contributed by atoms with Crippen molar-refractivity contribution in [3.8, 4) is 0 Å². The van der Waals surface area contributed by atoms with Crippen LogP contribution in [-0.2, 0) is 29.1 Å². The van der Waals surface area contributed by atoms with Crippen molar-refractivity contribution in [3.63, 3.8) is 0 Å². The molecule has 0 saturated carbocycles. The molecule has 1 N–H and O–H groups in total. The number of halogens is 2. The van der Waals surface area contributed by atoms with Gasteiger partial charge in [-0.15, -0.1) is 0 Å². The summed E-state index contributed by atoms with van der Waals surface area (Å²) in [4.78, 5) is 37.5. The van der Waals surface area contributed by atoms with Gasteiger partial charge in [-0.1, -0.05) is 17.7 Å². The molecule has 1 aromatic rings. The number of aliphatic carboxylic acids is 1. The van der Waals surface area contributed by atoms with Crippen molar-refractivity contribution in [3.05, 3.63) is 40.7 Å². The monoisotopic (exact) mass is 532 g/mol. The average molecular weight is 533 g/mol. The third kappa shape index (κ3) is 5.87. The van der Waals surface area contributed by atoms with Gasteiger partial charge in [0.25, 0.3) is 0 Å². The molecule has 1 aromatic carbocycles. The van der Waals surface area contributed by atoms with E-state index in [4.69, 9.17) is 21.1 Å². The van der Waals surface area contributed by atoms with E-state index in [0.29, 0.717) is 23.6 Å². The summed E-state index contributed by atoms with van der Waals surface area (Å²) in [5.41, 5.74) is -0.205. The summed E-state index contributed by atoms with van der Waals surface area (Å²) in [7, 11) is -4.43. The predicted molar refractivity (Wildman–Crippen MR) is 124 cm³/mol. The lowest BCUT2D eigenvalue weighted by molar-refractivity contribution is -0.141. The standard InChI is InChI=1S/C22H26ClFN2O8S/c1-2-33-21(29)15-6-3-4-8-19(15)35(31,32)26(17-10-9-14(24)12-16(17)23)13-34-22(30)25-11-5-7-18(25)20(27)28/h6,9-10,12,18-19H,2-5,7-8,11,13H2,1H3,(H,27,28)/t18-,19?/m0/s1. The molecule has 0 aromatic heterocycles. The Bertz CT molecular complexity index is 1130. The van der Waals surface area contributed by atoms with Crippen molar-refractivity contribution in [2.45, 2.75) is 50.3 Å². The maximum Gasteiger partial charge on any atom is 0.412 e. The number of carbonyl (C=O) groups excluding carboxylic acids is 2. The number of hydrogen-bond acceptors (Lipinski definition) is 7. The fourth-order valence-corrected chi connectivity index (χ4v) is 6.38. The first-order valence-corrected chi connectivity index (χ1v) is 13.0. The van der Waals surface area contributed by atoms with Crippen molar-refractivity contribution >= 4 is 45.3 Å². The molecule has 1 unspecified atom stereocenters. The molecular weight excluding hydrogens is 507 g/mol. The van der Waals surface area contributed by atoms with E-state index in [0.717, 1.165) is 23.1 Å². The highest BCUT2D eigenvalue weighted by Crippen LogP contribution is 2.35. The number of carbonyl (C=O) groups is 3. The second kappa shape index (κ2) is 11.3. The molecule has 1 aliphatic carbocycles. The van der Waals surface area contributed by atoms with Gasteiger partial charge in [0, 0.05) is 6.54 Å². The van der Waals surface area contributed by atoms with Crippen LogP contribution in [0.25, 0.3) is 0 Å². The van der Waals surface area contributed by atoms with Crippen LogP contribution in [0.2, 0.25) is 5.02 Å². The molecule has 3 rings (SSSR count). The van der Waals surface area contributed by atoms with E-state index in [9.17, 15) is 32.3 Å². The first-order valence-electron chi connectivity index (χ1n) is 11.1. The lowest BCUT2D eigenvalue weighted by atomic mass is 9.99. The fraction of sp³-hybridized carbons (Fsp3) is 0.500. The summed E-state index contributed by atoms with van der Waals surface area (Å²) in [5, 5.41) is 7.75. The fourth-order valence-electron chi connectivity index (χ4n) is 4.14. The lowest BCUT2D eigenvalue weighted by Crippen LogP contribution is -2.46. The number of anilines is 1. The van der Waals surface area contributed by atoms with Crippen LogP contribution in [0.15, 0.2) is 29.8 Å². The predicted octanol–water partition coefficient (Wildman–Crippen LogP) is 3.30. The van der Waals surface area contributed by atoms with Crippen LogP contribution in [0.4, 0.5) is 14.9 Å². The van der Waals surface area contributed by atoms with E-state index in [1.165, 1.54) is 6.08 Å². The van der Waals surface area contributed by atoms with Gasteiger partial charge in [-0.2, -0.15) is 0 Å². The molecule has 13 heteroatoms. The second-order valence-corrected chi connectivity index (χ2v) is 10.5. The molecule has 1 fully saturated rings. The van der Waals surface area contributed by atoms with E-state index in [1.807, 2.05) is 0 Å². The van der Waals surface area contributed by atoms with Gasteiger partial charge in [0.05, 0.1) is 22.9 Å². The number of carboxylic acid groups (broad SMARTS) is 1. The molecule has 1 saturated heterocycles. The van der Waals surface area contributed by atoms with Crippen molar-refractivity contribution < 1.29 is 41.8 Å². The van der Waals surface area contributed by atoms with Crippen molar-refractivity contribution in [2.75, 3.05) is 24.2 Å². The highest BCUT2D eigenvalue weighted by atomic mass is 35.5. The molecule has 2 atom stereocenters. The largest absolute Gasteiger partial charge is 0.480 e. The van der Waals surface area contributed by atoms with Crippen molar-refractivity contribution in [2.24, 2.45) is 0 Å². The topological polar surface area (TPSA) is 131 Å². The number of likely N-dealkylation sites (tertiary alicyclic amines) is 1. The number of nitrogens with zero attached hydrogens (tertiary/aromatic N) is 2. The Morgan fingerprint density at radius 2 is 1.97 bits per heavy atom. The molecule has 2 aliphatic rings. The highest BCUT2D eigenvalue weighted by molar-refractivity contribution is 7.93. The zero-order valence-electron chi connectivity index (χ0n) is 19.0. The van der Waals surface area contributed by atoms with Gasteiger partial charge < -0.3 is 14.6 Å². The Morgan fingerprint density at radius 3 is 2.63 bits per heavy atom. The van der Waals surface area contributed by atoms with Gasteiger partial charge in [-0.05, 0) is 57.2 Å².